The number of aromatic nitrogens is 3. The number of halogens is 2. The third-order valence-electron chi connectivity index (χ3n) is 15.9. The van der Waals surface area contributed by atoms with Gasteiger partial charge in [-0.15, -0.1) is 11.3 Å². The van der Waals surface area contributed by atoms with Crippen LogP contribution in [0.2, 0.25) is 5.02 Å². The van der Waals surface area contributed by atoms with Crippen LogP contribution in [0.25, 0.3) is 43.2 Å². The number of carbonyl (C=O) groups is 4. The number of piperidine rings is 1. The Morgan fingerprint density at radius 3 is 2.35 bits per heavy atom. The maximum atomic E-state index is 17.2. The number of rotatable bonds is 20. The summed E-state index contributed by atoms with van der Waals surface area (Å²) in [5, 5.41) is 29.1. The number of likely N-dealkylation sites (tertiary alicyclic amines) is 2. The first-order valence-electron chi connectivity index (χ1n) is 28.8. The molecule has 2 aromatic heterocycles. The summed E-state index contributed by atoms with van der Waals surface area (Å²) in [5.74, 6) is -1.39. The Morgan fingerprint density at radius 2 is 1.64 bits per heavy atom. The van der Waals surface area contributed by atoms with E-state index >= 15 is 4.39 Å². The fourth-order valence-electron chi connectivity index (χ4n) is 11.1. The lowest BCUT2D eigenvalue weighted by molar-refractivity contribution is -0.147. The maximum absolute atomic E-state index is 17.2. The molecule has 4 amide bonds. The largest absolute Gasteiger partial charge is 0.508 e. The molecule has 4 atom stereocenters. The molecule has 0 unspecified atom stereocenters. The van der Waals surface area contributed by atoms with E-state index in [9.17, 15) is 29.4 Å². The summed E-state index contributed by atoms with van der Waals surface area (Å²) in [4.78, 5) is 75.8. The average Bonchev–Trinajstić information content (AvgIpc) is 1.20. The number of aliphatic hydroxyl groups is 1. The van der Waals surface area contributed by atoms with E-state index in [1.54, 1.807) is 49.1 Å². The molecule has 0 aliphatic carbocycles. The van der Waals surface area contributed by atoms with E-state index in [0.29, 0.717) is 73.2 Å². The number of β-amino-alcohol motifs (C(OH)–C–C–N with tert-alkyl or cyclic N) is 1. The number of phenols is 1. The van der Waals surface area contributed by atoms with Crippen molar-refractivity contribution in [2.45, 2.75) is 117 Å². The Balaban J connectivity index is 0.730. The van der Waals surface area contributed by atoms with E-state index in [1.165, 1.54) is 11.0 Å². The second-order valence-corrected chi connectivity index (χ2v) is 24.9. The van der Waals surface area contributed by atoms with E-state index in [2.05, 4.69) is 25.5 Å². The van der Waals surface area contributed by atoms with Crippen LogP contribution in [0.15, 0.2) is 72.2 Å². The molecule has 0 spiro atoms. The summed E-state index contributed by atoms with van der Waals surface area (Å²) in [6.07, 6.45) is 0.517. The number of aliphatic hydroxyl groups excluding tert-OH is 1. The van der Waals surface area contributed by atoms with Crippen molar-refractivity contribution in [3.8, 4) is 33.3 Å². The molecule has 5 heterocycles. The summed E-state index contributed by atoms with van der Waals surface area (Å²) in [5.41, 5.74) is 3.69. The van der Waals surface area contributed by atoms with Crippen molar-refractivity contribution in [2.75, 3.05) is 83.6 Å². The molecule has 22 heteroatoms. The molecule has 19 nitrogen and oxygen atoms in total. The summed E-state index contributed by atoms with van der Waals surface area (Å²) >= 11 is 8.56. The molecule has 3 saturated heterocycles. The summed E-state index contributed by atoms with van der Waals surface area (Å²) < 4.78 is 41.1. The average molecular weight is 1190 g/mol. The maximum Gasteiger partial charge on any atom is 0.410 e. The number of aryl methyl sites for hydroxylation is 1. The van der Waals surface area contributed by atoms with Crippen molar-refractivity contribution in [1.29, 1.82) is 0 Å². The number of carbonyl (C=O) groups excluding carboxylic acids is 4. The van der Waals surface area contributed by atoms with Gasteiger partial charge in [-0.25, -0.2) is 14.2 Å². The number of hydrogen-bond donors (Lipinski definition) is 4. The first-order valence-corrected chi connectivity index (χ1v) is 30.1. The second-order valence-electron chi connectivity index (χ2n) is 23.7. The molecular weight excluding hydrogens is 1120 g/mol. The number of nitrogens with one attached hydrogen (secondary N) is 2. The third-order valence-corrected chi connectivity index (χ3v) is 17.2. The molecule has 0 radical (unpaired) electrons. The van der Waals surface area contributed by atoms with Crippen LogP contribution < -0.4 is 20.3 Å². The predicted molar refractivity (Wildman–Crippen MR) is 322 cm³/mol. The summed E-state index contributed by atoms with van der Waals surface area (Å²) in [6, 6.07) is 18.8. The molecule has 0 saturated carbocycles. The van der Waals surface area contributed by atoms with Crippen molar-refractivity contribution in [3.63, 3.8) is 0 Å². The van der Waals surface area contributed by atoms with Crippen molar-refractivity contribution >= 4 is 74.2 Å². The number of aromatic hydroxyl groups is 1. The van der Waals surface area contributed by atoms with Gasteiger partial charge in [-0.3, -0.25) is 19.3 Å². The van der Waals surface area contributed by atoms with Crippen LogP contribution in [-0.2, 0) is 35.0 Å². The number of phenolic OH excluding ortho intramolecular Hbond substituents is 1. The van der Waals surface area contributed by atoms with Crippen LogP contribution in [0.5, 0.6) is 11.8 Å². The Bertz CT molecular complexity index is 3330. The van der Waals surface area contributed by atoms with Crippen LogP contribution in [0.4, 0.5) is 15.0 Å². The van der Waals surface area contributed by atoms with Crippen molar-refractivity contribution < 1.29 is 52.7 Å². The lowest BCUT2D eigenvalue weighted by atomic mass is 9.83. The fourth-order valence-corrected chi connectivity index (χ4v) is 12.2. The number of benzene rings is 4. The quantitative estimate of drug-likeness (QED) is 0.0526. The van der Waals surface area contributed by atoms with Gasteiger partial charge in [-0.1, -0.05) is 60.1 Å². The molecular formula is C62H77ClFN9O10S. The highest BCUT2D eigenvalue weighted by atomic mass is 35.5. The van der Waals surface area contributed by atoms with E-state index in [-0.39, 0.29) is 78.6 Å². The van der Waals surface area contributed by atoms with Crippen LogP contribution in [0, 0.1) is 18.2 Å². The monoisotopic (exact) mass is 1190 g/mol. The summed E-state index contributed by atoms with van der Waals surface area (Å²) in [6.45, 7) is 18.6. The van der Waals surface area contributed by atoms with Gasteiger partial charge < -0.3 is 54.5 Å². The van der Waals surface area contributed by atoms with Gasteiger partial charge in [0.2, 0.25) is 17.7 Å². The van der Waals surface area contributed by atoms with Crippen LogP contribution in [0.3, 0.4) is 0 Å². The Labute approximate surface area is 498 Å². The summed E-state index contributed by atoms with van der Waals surface area (Å²) in [7, 11) is 0. The van der Waals surface area contributed by atoms with Crippen LogP contribution in [0.1, 0.15) is 79.0 Å². The standard InChI is InChI=1S/C62H77ClFN9O10S/c1-37(82-59-68-54-48(56(69-59)71-23-25-72(26-24-71)60(79)83-61(4,5)6)32-49(63)52(53(54)64)47-30-43(74)29-42-11-9-10-12-46(42)47)33-70-21-18-45(19-22-70)81-28-27-80-35-51(76)67-39(3)62(7,8)58(78)73-34-44(75)31-50(73)57(77)65-20-17-40-13-15-41(16-14-40)55-38(2)66-36-84-55/h9-16,29-30,32,36-37,39,44-45,50,74-75H,17-28,31,33-35H2,1-8H3,(H,65,77)(H,67,76)/t37-,39+,44-,50+/m1/s1. The number of piperazine rings is 1. The third kappa shape index (κ3) is 14.8. The Kier molecular flexibility index (Phi) is 19.6. The number of amides is 4. The topological polar surface area (TPSA) is 221 Å². The molecule has 3 aliphatic rings. The molecule has 6 aromatic rings. The molecule has 4 N–H and O–H groups in total. The van der Waals surface area contributed by atoms with Gasteiger partial charge >= 0.3 is 12.1 Å². The highest BCUT2D eigenvalue weighted by Crippen LogP contribution is 2.43. The van der Waals surface area contributed by atoms with Crippen LogP contribution >= 0.6 is 22.9 Å². The minimum atomic E-state index is -1.11. The molecule has 3 fully saturated rings. The van der Waals surface area contributed by atoms with E-state index < -0.39 is 53.1 Å². The first kappa shape index (κ1) is 61.8. The molecule has 0 bridgehead atoms. The zero-order valence-corrected chi connectivity index (χ0v) is 50.7. The highest BCUT2D eigenvalue weighted by molar-refractivity contribution is 7.13. The normalized spacial score (nSPS) is 18.1. The van der Waals surface area contributed by atoms with Gasteiger partial charge in [-0.2, -0.15) is 9.97 Å². The van der Waals surface area contributed by atoms with Crippen molar-refractivity contribution in [3.05, 3.63) is 94.3 Å². The number of thiazole rings is 1. The number of anilines is 1. The minimum Gasteiger partial charge on any atom is -0.508 e. The number of fused-ring (bicyclic) bond motifs is 2. The SMILES string of the molecule is Cc1ncsc1-c1ccc(CCNC(=O)[C@@H]2C[C@@H](O)CN2C(=O)C(C)(C)[C@H](C)NC(=O)COCCOC2CCN(C[C@@H](C)Oc3nc(N4CCN(C(=O)OC(C)(C)C)CC4)c4cc(Cl)c(-c5cc(O)cc6ccccc56)c(F)c4n3)CC2)cc1. The zero-order valence-electron chi connectivity index (χ0n) is 49.1. The molecule has 3 aliphatic heterocycles. The zero-order chi connectivity index (χ0) is 60.0. The van der Waals surface area contributed by atoms with Gasteiger partial charge in [0.15, 0.2) is 5.82 Å². The molecule has 9 rings (SSSR count). The van der Waals surface area contributed by atoms with Gasteiger partial charge in [0.25, 0.3) is 0 Å². The molecule has 4 aromatic carbocycles. The predicted octanol–water partition coefficient (Wildman–Crippen LogP) is 8.55. The number of ether oxygens (including phenoxy) is 4. The van der Waals surface area contributed by atoms with Gasteiger partial charge in [0.05, 0.1) is 51.9 Å². The Morgan fingerprint density at radius 1 is 0.917 bits per heavy atom. The lowest BCUT2D eigenvalue weighted by Gasteiger charge is -2.36. The van der Waals surface area contributed by atoms with Gasteiger partial charge in [-0.05, 0) is 120 Å². The van der Waals surface area contributed by atoms with Crippen LogP contribution in [-0.4, -0.2) is 178 Å². The first-order chi connectivity index (χ1) is 40.0. The highest BCUT2D eigenvalue weighted by Gasteiger charge is 2.46. The van der Waals surface area contributed by atoms with E-state index in [0.717, 1.165) is 47.6 Å². The number of nitrogens with zero attached hydrogens (tertiary/aromatic N) is 7. The van der Waals surface area contributed by atoms with E-state index in [1.807, 2.05) is 93.6 Å². The van der Waals surface area contributed by atoms with Gasteiger partial charge in [0, 0.05) is 82.3 Å². The number of hydrogen-bond acceptors (Lipinski definition) is 16. The van der Waals surface area contributed by atoms with E-state index in [4.69, 9.17) is 35.5 Å². The Hall–Kier alpha value is -6.75. The molecule has 450 valence electrons. The second kappa shape index (κ2) is 26.7. The van der Waals surface area contributed by atoms with Crippen molar-refractivity contribution in [1.82, 2.24) is 40.3 Å². The fraction of sp³-hybridized carbons (Fsp3) is 0.500. The van der Waals surface area contributed by atoms with Gasteiger partial charge in [0.1, 0.15) is 41.4 Å². The molecule has 84 heavy (non-hydrogen) atoms. The minimum absolute atomic E-state index is 0.00160. The smallest absolute Gasteiger partial charge is 0.410 e. The van der Waals surface area contributed by atoms with Crippen molar-refractivity contribution in [2.24, 2.45) is 5.41 Å². The lowest BCUT2D eigenvalue weighted by Crippen LogP contribution is -2.56.